The molecule has 0 bridgehead atoms. The predicted octanol–water partition coefficient (Wildman–Crippen LogP) is 3.93. The second kappa shape index (κ2) is 10.1. The molecule has 2 aliphatic heterocycles. The highest BCUT2D eigenvalue weighted by molar-refractivity contribution is 5.77. The fourth-order valence-electron chi connectivity index (χ4n) is 4.67. The van der Waals surface area contributed by atoms with Gasteiger partial charge in [0.2, 0.25) is 0 Å². The lowest BCUT2D eigenvalue weighted by Crippen LogP contribution is -2.41. The summed E-state index contributed by atoms with van der Waals surface area (Å²) < 4.78 is 19.1. The number of para-hydroxylation sites is 1. The highest BCUT2D eigenvalue weighted by Crippen LogP contribution is 2.31. The quantitative estimate of drug-likeness (QED) is 0.730. The van der Waals surface area contributed by atoms with E-state index in [-0.39, 0.29) is 24.3 Å². The zero-order valence-electron chi connectivity index (χ0n) is 18.3. The first kappa shape index (κ1) is 21.6. The van der Waals surface area contributed by atoms with Crippen LogP contribution in [0.1, 0.15) is 42.9 Å². The third-order valence-corrected chi connectivity index (χ3v) is 6.36. The molecule has 166 valence electrons. The van der Waals surface area contributed by atoms with Crippen LogP contribution in [0, 0.1) is 5.82 Å². The van der Waals surface area contributed by atoms with Crippen LogP contribution >= 0.6 is 0 Å². The Morgan fingerprint density at radius 2 is 1.90 bits per heavy atom. The van der Waals surface area contributed by atoms with Gasteiger partial charge in [-0.2, -0.15) is 0 Å². The van der Waals surface area contributed by atoms with E-state index in [0.29, 0.717) is 6.54 Å². The SMILES string of the molecule is CN1CCCc2cc([C@H](CNC(=O)COc3ccccc3F)N3CCCCC3)ccc21. The van der Waals surface area contributed by atoms with Gasteiger partial charge in [-0.3, -0.25) is 9.69 Å². The number of nitrogens with one attached hydrogen (secondary N) is 1. The molecule has 1 atom stereocenters. The molecule has 2 aromatic rings. The van der Waals surface area contributed by atoms with Crippen molar-refractivity contribution in [2.24, 2.45) is 0 Å². The number of likely N-dealkylation sites (tertiary alicyclic amines) is 1. The molecule has 2 heterocycles. The molecule has 2 aromatic carbocycles. The number of rotatable bonds is 7. The van der Waals surface area contributed by atoms with Crippen molar-refractivity contribution in [2.45, 2.75) is 38.1 Å². The van der Waals surface area contributed by atoms with Crippen molar-refractivity contribution in [3.63, 3.8) is 0 Å². The third-order valence-electron chi connectivity index (χ3n) is 6.36. The molecule has 31 heavy (non-hydrogen) atoms. The van der Waals surface area contributed by atoms with Crippen LogP contribution in [-0.4, -0.2) is 50.6 Å². The molecule has 0 aliphatic carbocycles. The Balaban J connectivity index is 1.43. The van der Waals surface area contributed by atoms with Gasteiger partial charge in [0.15, 0.2) is 18.2 Å². The molecule has 6 heteroatoms. The topological polar surface area (TPSA) is 44.8 Å². The zero-order valence-corrected chi connectivity index (χ0v) is 18.3. The number of ether oxygens (including phenoxy) is 1. The van der Waals surface area contributed by atoms with Crippen molar-refractivity contribution in [1.82, 2.24) is 10.2 Å². The second-order valence-corrected chi connectivity index (χ2v) is 8.55. The molecule has 0 saturated carbocycles. The normalized spacial score (nSPS) is 17.7. The van der Waals surface area contributed by atoms with Gasteiger partial charge >= 0.3 is 0 Å². The molecular weight excluding hydrogens is 393 g/mol. The van der Waals surface area contributed by atoms with Crippen LogP contribution in [0.15, 0.2) is 42.5 Å². The van der Waals surface area contributed by atoms with Crippen molar-refractivity contribution >= 4 is 11.6 Å². The monoisotopic (exact) mass is 425 g/mol. The van der Waals surface area contributed by atoms with E-state index in [2.05, 4.69) is 40.4 Å². The van der Waals surface area contributed by atoms with Gasteiger partial charge in [0.05, 0.1) is 6.04 Å². The van der Waals surface area contributed by atoms with Crippen molar-refractivity contribution in [3.8, 4) is 5.75 Å². The van der Waals surface area contributed by atoms with E-state index >= 15 is 0 Å². The van der Waals surface area contributed by atoms with Crippen LogP contribution in [0.5, 0.6) is 5.75 Å². The number of aryl methyl sites for hydroxylation is 1. The van der Waals surface area contributed by atoms with E-state index in [1.165, 1.54) is 54.6 Å². The first-order chi connectivity index (χ1) is 15.1. The number of amides is 1. The Labute approximate surface area is 184 Å². The molecule has 0 spiro atoms. The Morgan fingerprint density at radius 3 is 2.71 bits per heavy atom. The van der Waals surface area contributed by atoms with E-state index in [4.69, 9.17) is 4.74 Å². The van der Waals surface area contributed by atoms with Gasteiger partial charge in [-0.1, -0.05) is 30.7 Å². The Morgan fingerprint density at radius 1 is 1.10 bits per heavy atom. The largest absolute Gasteiger partial charge is 0.481 e. The van der Waals surface area contributed by atoms with Gasteiger partial charge in [-0.05, 0) is 68.1 Å². The van der Waals surface area contributed by atoms with Gasteiger partial charge in [0.1, 0.15) is 0 Å². The summed E-state index contributed by atoms with van der Waals surface area (Å²) in [6, 6.07) is 13.0. The Hall–Kier alpha value is -2.60. The fraction of sp³-hybridized carbons (Fsp3) is 0.480. The number of hydrogen-bond donors (Lipinski definition) is 1. The maximum atomic E-state index is 13.7. The summed E-state index contributed by atoms with van der Waals surface area (Å²) in [5.41, 5.74) is 3.96. The summed E-state index contributed by atoms with van der Waals surface area (Å²) in [6.45, 7) is 3.52. The molecule has 1 N–H and O–H groups in total. The van der Waals surface area contributed by atoms with Gasteiger partial charge in [0, 0.05) is 25.8 Å². The molecule has 0 aromatic heterocycles. The van der Waals surface area contributed by atoms with Gasteiger partial charge in [-0.15, -0.1) is 0 Å². The lowest BCUT2D eigenvalue weighted by Gasteiger charge is -2.36. The number of carbonyl (C=O) groups excluding carboxylic acids is 1. The summed E-state index contributed by atoms with van der Waals surface area (Å²) in [5.74, 6) is -0.590. The average molecular weight is 426 g/mol. The summed E-state index contributed by atoms with van der Waals surface area (Å²) in [5, 5.41) is 3.02. The average Bonchev–Trinajstić information content (AvgIpc) is 2.79. The fourth-order valence-corrected chi connectivity index (χ4v) is 4.67. The third kappa shape index (κ3) is 5.37. The second-order valence-electron chi connectivity index (χ2n) is 8.55. The van der Waals surface area contributed by atoms with Gasteiger partial charge in [-0.25, -0.2) is 4.39 Å². The number of anilines is 1. The highest BCUT2D eigenvalue weighted by atomic mass is 19.1. The van der Waals surface area contributed by atoms with E-state index in [9.17, 15) is 9.18 Å². The first-order valence-electron chi connectivity index (χ1n) is 11.3. The number of benzene rings is 2. The molecule has 1 saturated heterocycles. The lowest BCUT2D eigenvalue weighted by molar-refractivity contribution is -0.123. The number of hydrogen-bond acceptors (Lipinski definition) is 4. The minimum absolute atomic E-state index is 0.101. The molecule has 2 aliphatic rings. The minimum Gasteiger partial charge on any atom is -0.481 e. The van der Waals surface area contributed by atoms with Crippen LogP contribution in [-0.2, 0) is 11.2 Å². The molecule has 1 fully saturated rings. The maximum absolute atomic E-state index is 13.7. The van der Waals surface area contributed by atoms with E-state index in [0.717, 1.165) is 26.1 Å². The van der Waals surface area contributed by atoms with Crippen LogP contribution in [0.4, 0.5) is 10.1 Å². The van der Waals surface area contributed by atoms with Gasteiger partial charge < -0.3 is 15.0 Å². The summed E-state index contributed by atoms with van der Waals surface area (Å²) in [6.07, 6.45) is 5.92. The Kier molecular flexibility index (Phi) is 7.07. The van der Waals surface area contributed by atoms with E-state index < -0.39 is 5.82 Å². The predicted molar refractivity (Wildman–Crippen MR) is 121 cm³/mol. The number of halogens is 1. The standard InChI is InChI=1S/C25H32FN3O2/c1-28-13-7-8-19-16-20(11-12-22(19)28)23(29-14-5-2-6-15-29)17-27-25(30)18-31-24-10-4-3-9-21(24)26/h3-4,9-12,16,23H,2,5-8,13-15,17-18H2,1H3,(H,27,30)/t23-/m0/s1. The zero-order chi connectivity index (χ0) is 21.6. The molecule has 5 nitrogen and oxygen atoms in total. The highest BCUT2D eigenvalue weighted by Gasteiger charge is 2.25. The molecular formula is C25H32FN3O2. The van der Waals surface area contributed by atoms with Crippen molar-refractivity contribution in [2.75, 3.05) is 44.7 Å². The number of carbonyl (C=O) groups is 1. The maximum Gasteiger partial charge on any atom is 0.258 e. The van der Waals surface area contributed by atoms with E-state index in [1.54, 1.807) is 12.1 Å². The van der Waals surface area contributed by atoms with Crippen molar-refractivity contribution < 1.29 is 13.9 Å². The molecule has 1 amide bonds. The van der Waals surface area contributed by atoms with Crippen LogP contribution in [0.2, 0.25) is 0 Å². The van der Waals surface area contributed by atoms with Crippen LogP contribution in [0.3, 0.4) is 0 Å². The number of nitrogens with zero attached hydrogens (tertiary/aromatic N) is 2. The summed E-state index contributed by atoms with van der Waals surface area (Å²) >= 11 is 0. The Bertz CT molecular complexity index is 898. The summed E-state index contributed by atoms with van der Waals surface area (Å²) in [7, 11) is 2.15. The smallest absolute Gasteiger partial charge is 0.258 e. The molecule has 0 radical (unpaired) electrons. The van der Waals surface area contributed by atoms with Crippen LogP contribution < -0.4 is 15.0 Å². The lowest BCUT2D eigenvalue weighted by atomic mass is 9.95. The van der Waals surface area contributed by atoms with Crippen molar-refractivity contribution in [1.29, 1.82) is 0 Å². The first-order valence-corrected chi connectivity index (χ1v) is 11.3. The van der Waals surface area contributed by atoms with Gasteiger partial charge in [0.25, 0.3) is 5.91 Å². The minimum atomic E-state index is -0.458. The number of fused-ring (bicyclic) bond motifs is 1. The van der Waals surface area contributed by atoms with E-state index in [1.807, 2.05) is 0 Å². The van der Waals surface area contributed by atoms with Crippen LogP contribution in [0.25, 0.3) is 0 Å². The summed E-state index contributed by atoms with van der Waals surface area (Å²) in [4.78, 5) is 17.2. The van der Waals surface area contributed by atoms with Crippen molar-refractivity contribution in [3.05, 3.63) is 59.4 Å². The number of piperidine rings is 1. The molecule has 0 unspecified atom stereocenters. The molecule has 4 rings (SSSR count).